The largest absolute Gasteiger partial charge is 0.474 e. The predicted octanol–water partition coefficient (Wildman–Crippen LogP) is 5.19. The highest BCUT2D eigenvalue weighted by Crippen LogP contribution is 2.25. The predicted molar refractivity (Wildman–Crippen MR) is 145 cm³/mol. The van der Waals surface area contributed by atoms with Crippen molar-refractivity contribution in [2.24, 2.45) is 0 Å². The van der Waals surface area contributed by atoms with Gasteiger partial charge in [0.05, 0.1) is 18.2 Å². The maximum absolute atomic E-state index is 13.1. The van der Waals surface area contributed by atoms with Crippen molar-refractivity contribution in [3.8, 4) is 17.1 Å². The van der Waals surface area contributed by atoms with Crippen LogP contribution in [0.5, 0.6) is 5.88 Å². The van der Waals surface area contributed by atoms with Crippen LogP contribution >= 0.6 is 11.6 Å². The van der Waals surface area contributed by atoms with E-state index in [-0.39, 0.29) is 17.6 Å². The molecule has 1 aromatic carbocycles. The van der Waals surface area contributed by atoms with E-state index in [0.29, 0.717) is 48.4 Å². The Bertz CT molecular complexity index is 1280. The molecule has 0 spiro atoms. The molecule has 0 bridgehead atoms. The molecule has 0 N–H and O–H groups in total. The van der Waals surface area contributed by atoms with E-state index in [1.54, 1.807) is 16.7 Å². The SMILES string of the molecule is CCCCCn1c(O[C@H]2CCN(CCC(=O)OC(C)(C)C)C2)cc(=O)n2cc(-c3ccc(Cl)cc3)nc12. The van der Waals surface area contributed by atoms with Gasteiger partial charge in [-0.3, -0.25) is 23.5 Å². The Morgan fingerprint density at radius 3 is 2.62 bits per heavy atom. The molecule has 1 fully saturated rings. The first-order valence-corrected chi connectivity index (χ1v) is 13.5. The second-order valence-electron chi connectivity index (χ2n) is 10.6. The van der Waals surface area contributed by atoms with Crippen LogP contribution in [0.4, 0.5) is 0 Å². The molecule has 2 aromatic heterocycles. The molecule has 0 amide bonds. The summed E-state index contributed by atoms with van der Waals surface area (Å²) in [5, 5.41) is 0.652. The number of fused-ring (bicyclic) bond motifs is 1. The molecule has 9 heteroatoms. The number of aromatic nitrogens is 3. The Morgan fingerprint density at radius 1 is 1.16 bits per heavy atom. The number of hydrogen-bond acceptors (Lipinski definition) is 6. The fourth-order valence-electron chi connectivity index (χ4n) is 4.57. The maximum Gasteiger partial charge on any atom is 0.307 e. The van der Waals surface area contributed by atoms with Crippen LogP contribution in [-0.2, 0) is 16.1 Å². The number of carbonyl (C=O) groups excluding carboxylic acids is 1. The Hall–Kier alpha value is -2.84. The normalized spacial score (nSPS) is 16.4. The van der Waals surface area contributed by atoms with Gasteiger partial charge in [0, 0.05) is 43.0 Å². The smallest absolute Gasteiger partial charge is 0.307 e. The highest BCUT2D eigenvalue weighted by molar-refractivity contribution is 6.30. The van der Waals surface area contributed by atoms with Gasteiger partial charge in [0.25, 0.3) is 5.56 Å². The Morgan fingerprint density at radius 2 is 1.92 bits per heavy atom. The van der Waals surface area contributed by atoms with Crippen molar-refractivity contribution in [1.29, 1.82) is 0 Å². The van der Waals surface area contributed by atoms with E-state index in [1.807, 2.05) is 49.6 Å². The average Bonchev–Trinajstić information content (AvgIpc) is 3.47. The molecular weight excluding hydrogens is 492 g/mol. The lowest BCUT2D eigenvalue weighted by atomic mass is 10.2. The van der Waals surface area contributed by atoms with E-state index < -0.39 is 5.60 Å². The molecule has 1 atom stereocenters. The molecule has 3 aromatic rings. The van der Waals surface area contributed by atoms with Gasteiger partial charge in [-0.15, -0.1) is 0 Å². The zero-order valence-corrected chi connectivity index (χ0v) is 23.0. The number of halogens is 1. The first-order chi connectivity index (χ1) is 17.6. The third kappa shape index (κ3) is 7.14. The molecular formula is C28H37ClN4O4. The van der Waals surface area contributed by atoms with Gasteiger partial charge in [0.1, 0.15) is 11.7 Å². The summed E-state index contributed by atoms with van der Waals surface area (Å²) in [5.74, 6) is 0.923. The van der Waals surface area contributed by atoms with Gasteiger partial charge in [-0.05, 0) is 45.7 Å². The summed E-state index contributed by atoms with van der Waals surface area (Å²) >= 11 is 6.05. The third-order valence-corrected chi connectivity index (χ3v) is 6.63. The number of nitrogens with zero attached hydrogens (tertiary/aromatic N) is 4. The van der Waals surface area contributed by atoms with Crippen molar-refractivity contribution < 1.29 is 14.3 Å². The summed E-state index contributed by atoms with van der Waals surface area (Å²) < 4.78 is 15.4. The first kappa shape index (κ1) is 27.2. The second-order valence-corrected chi connectivity index (χ2v) is 11.1. The summed E-state index contributed by atoms with van der Waals surface area (Å²) in [5.41, 5.74) is 0.953. The molecule has 1 aliphatic heterocycles. The summed E-state index contributed by atoms with van der Waals surface area (Å²) in [4.78, 5) is 32.2. The fourth-order valence-corrected chi connectivity index (χ4v) is 4.70. The van der Waals surface area contributed by atoms with Gasteiger partial charge >= 0.3 is 5.97 Å². The lowest BCUT2D eigenvalue weighted by molar-refractivity contribution is -0.155. The molecule has 0 unspecified atom stereocenters. The number of ether oxygens (including phenoxy) is 2. The molecule has 0 radical (unpaired) electrons. The number of carbonyl (C=O) groups is 1. The minimum absolute atomic E-state index is 0.0661. The molecule has 4 rings (SSSR count). The molecule has 0 aliphatic carbocycles. The van der Waals surface area contributed by atoms with Crippen LogP contribution in [0.15, 0.2) is 41.3 Å². The van der Waals surface area contributed by atoms with E-state index >= 15 is 0 Å². The zero-order chi connectivity index (χ0) is 26.6. The second kappa shape index (κ2) is 11.7. The lowest BCUT2D eigenvalue weighted by Crippen LogP contribution is -2.30. The zero-order valence-electron chi connectivity index (χ0n) is 22.2. The average molecular weight is 529 g/mol. The monoisotopic (exact) mass is 528 g/mol. The quantitative estimate of drug-likeness (QED) is 0.266. The lowest BCUT2D eigenvalue weighted by Gasteiger charge is -2.21. The van der Waals surface area contributed by atoms with Gasteiger partial charge in [-0.1, -0.05) is 43.5 Å². The van der Waals surface area contributed by atoms with Crippen LogP contribution in [0.1, 0.15) is 59.8 Å². The van der Waals surface area contributed by atoms with E-state index in [2.05, 4.69) is 11.8 Å². The van der Waals surface area contributed by atoms with Gasteiger partial charge in [-0.2, -0.15) is 0 Å². The van der Waals surface area contributed by atoms with E-state index in [9.17, 15) is 9.59 Å². The number of hydrogen-bond donors (Lipinski definition) is 0. The van der Waals surface area contributed by atoms with Crippen molar-refractivity contribution in [2.45, 2.75) is 78.0 Å². The Balaban J connectivity index is 1.52. The van der Waals surface area contributed by atoms with Crippen molar-refractivity contribution in [3.63, 3.8) is 0 Å². The van der Waals surface area contributed by atoms with Crippen LogP contribution < -0.4 is 10.3 Å². The summed E-state index contributed by atoms with van der Waals surface area (Å²) in [6, 6.07) is 9.00. The number of benzene rings is 1. The third-order valence-electron chi connectivity index (χ3n) is 6.37. The molecule has 0 saturated carbocycles. The van der Waals surface area contributed by atoms with Crippen LogP contribution in [-0.4, -0.2) is 56.2 Å². The fraction of sp³-hybridized carbons (Fsp3) is 0.536. The molecule has 200 valence electrons. The highest BCUT2D eigenvalue weighted by Gasteiger charge is 2.27. The van der Waals surface area contributed by atoms with Crippen molar-refractivity contribution >= 4 is 23.3 Å². The highest BCUT2D eigenvalue weighted by atomic mass is 35.5. The van der Waals surface area contributed by atoms with Gasteiger partial charge in [0.15, 0.2) is 0 Å². The van der Waals surface area contributed by atoms with Crippen molar-refractivity contribution in [2.75, 3.05) is 19.6 Å². The minimum atomic E-state index is -0.478. The number of imidazole rings is 1. The van der Waals surface area contributed by atoms with E-state index in [4.69, 9.17) is 26.1 Å². The van der Waals surface area contributed by atoms with E-state index in [0.717, 1.165) is 37.8 Å². The van der Waals surface area contributed by atoms with Crippen LogP contribution in [0, 0.1) is 0 Å². The molecule has 1 saturated heterocycles. The Kier molecular flexibility index (Phi) is 8.60. The number of aryl methyl sites for hydroxylation is 1. The van der Waals surface area contributed by atoms with Gasteiger partial charge < -0.3 is 9.47 Å². The molecule has 3 heterocycles. The maximum atomic E-state index is 13.1. The minimum Gasteiger partial charge on any atom is -0.474 e. The van der Waals surface area contributed by atoms with Crippen molar-refractivity contribution in [3.05, 3.63) is 51.9 Å². The first-order valence-electron chi connectivity index (χ1n) is 13.1. The van der Waals surface area contributed by atoms with E-state index in [1.165, 1.54) is 0 Å². The number of esters is 1. The van der Waals surface area contributed by atoms with Crippen LogP contribution in [0.25, 0.3) is 17.0 Å². The van der Waals surface area contributed by atoms with Crippen molar-refractivity contribution in [1.82, 2.24) is 18.9 Å². The summed E-state index contributed by atoms with van der Waals surface area (Å²) in [6.45, 7) is 10.7. The van der Waals surface area contributed by atoms with Crippen LogP contribution in [0.2, 0.25) is 5.02 Å². The summed E-state index contributed by atoms with van der Waals surface area (Å²) in [7, 11) is 0. The summed E-state index contributed by atoms with van der Waals surface area (Å²) in [6.07, 6.45) is 6.00. The van der Waals surface area contributed by atoms with Gasteiger partial charge in [-0.25, -0.2) is 4.98 Å². The molecule has 8 nitrogen and oxygen atoms in total. The van der Waals surface area contributed by atoms with Gasteiger partial charge in [0.2, 0.25) is 11.7 Å². The number of likely N-dealkylation sites (tertiary alicyclic amines) is 1. The topological polar surface area (TPSA) is 78.1 Å². The number of rotatable bonds is 10. The van der Waals surface area contributed by atoms with Crippen LogP contribution in [0.3, 0.4) is 0 Å². The standard InChI is InChI=1S/C28H37ClN4O4/c1-5-6-7-14-32-25(36-22-12-15-31(18-22)16-13-26(35)37-28(2,3)4)17-24(34)33-19-23(30-27(32)33)20-8-10-21(29)11-9-20/h8-11,17,19,22H,5-7,12-16,18H2,1-4H3/t22-/m0/s1. The molecule has 37 heavy (non-hydrogen) atoms. The Labute approximate surface area is 223 Å². The number of unbranched alkanes of at least 4 members (excludes halogenated alkanes) is 2. The molecule has 1 aliphatic rings.